The molecule has 0 fully saturated rings. The van der Waals surface area contributed by atoms with Crippen molar-refractivity contribution in [2.45, 2.75) is 130 Å². The van der Waals surface area contributed by atoms with E-state index in [0.717, 1.165) is 44.9 Å². The van der Waals surface area contributed by atoms with Crippen LogP contribution in [0.15, 0.2) is 12.2 Å². The van der Waals surface area contributed by atoms with Gasteiger partial charge >= 0.3 is 11.9 Å². The van der Waals surface area contributed by atoms with E-state index in [9.17, 15) is 14.4 Å². The molecule has 0 bridgehead atoms. The summed E-state index contributed by atoms with van der Waals surface area (Å²) in [5.41, 5.74) is 9.81. The molecule has 0 amide bonds. The monoisotopic (exact) mass is 482 g/mol. The molecule has 0 aliphatic carbocycles. The predicted octanol–water partition coefficient (Wildman–Crippen LogP) is 5.69. The van der Waals surface area contributed by atoms with Crippen LogP contribution in [0.5, 0.6) is 0 Å². The topological polar surface area (TPSA) is 122 Å². The van der Waals surface area contributed by atoms with Crippen molar-refractivity contribution in [2.24, 2.45) is 16.9 Å². The van der Waals surface area contributed by atoms with Crippen molar-refractivity contribution < 1.29 is 24.2 Å². The standard InChI is InChI=1S/C27H50N2O5/c1-4-5-6-7-8-9-10-11-12-13-14-15-16-18-21-27(3,23(2)30)26(32)34-33-25(31)24(29)20-17-19-22-28/h11-12,24H,4-10,13-22,28-29H2,1-3H3/b12-11-. The highest BCUT2D eigenvalue weighted by molar-refractivity contribution is 6.02. The predicted molar refractivity (Wildman–Crippen MR) is 137 cm³/mol. The zero-order valence-corrected chi connectivity index (χ0v) is 21.9. The summed E-state index contributed by atoms with van der Waals surface area (Å²) in [6, 6.07) is -0.886. The molecular weight excluding hydrogens is 432 g/mol. The molecule has 0 saturated heterocycles. The maximum absolute atomic E-state index is 12.5. The van der Waals surface area contributed by atoms with E-state index in [1.54, 1.807) is 0 Å². The summed E-state index contributed by atoms with van der Waals surface area (Å²) in [4.78, 5) is 45.8. The highest BCUT2D eigenvalue weighted by Crippen LogP contribution is 2.28. The number of rotatable bonds is 21. The summed E-state index contributed by atoms with van der Waals surface area (Å²) < 4.78 is 0. The van der Waals surface area contributed by atoms with E-state index in [-0.39, 0.29) is 5.78 Å². The quantitative estimate of drug-likeness (QED) is 0.0708. The number of hydrogen-bond donors (Lipinski definition) is 2. The lowest BCUT2D eigenvalue weighted by Crippen LogP contribution is -2.39. The highest BCUT2D eigenvalue weighted by atomic mass is 17.2. The van der Waals surface area contributed by atoms with Gasteiger partial charge < -0.3 is 11.5 Å². The molecule has 4 N–H and O–H groups in total. The Morgan fingerprint density at radius 3 is 1.94 bits per heavy atom. The van der Waals surface area contributed by atoms with E-state index in [1.807, 2.05) is 0 Å². The Labute approximate surface area is 207 Å². The third kappa shape index (κ3) is 15.2. The van der Waals surface area contributed by atoms with Crippen molar-refractivity contribution in [2.75, 3.05) is 6.54 Å². The van der Waals surface area contributed by atoms with Gasteiger partial charge in [-0.25, -0.2) is 19.4 Å². The largest absolute Gasteiger partial charge is 0.372 e. The third-order valence-corrected chi connectivity index (χ3v) is 6.39. The van der Waals surface area contributed by atoms with Crippen LogP contribution in [0.4, 0.5) is 0 Å². The third-order valence-electron chi connectivity index (χ3n) is 6.39. The molecule has 198 valence electrons. The van der Waals surface area contributed by atoms with Gasteiger partial charge in [-0.1, -0.05) is 76.9 Å². The summed E-state index contributed by atoms with van der Waals surface area (Å²) in [5, 5.41) is 0. The summed E-state index contributed by atoms with van der Waals surface area (Å²) in [6.07, 6.45) is 20.7. The molecule has 34 heavy (non-hydrogen) atoms. The van der Waals surface area contributed by atoms with E-state index < -0.39 is 23.4 Å². The van der Waals surface area contributed by atoms with Crippen LogP contribution in [0.25, 0.3) is 0 Å². The maximum Gasteiger partial charge on any atom is 0.372 e. The SMILES string of the molecule is CCCCCCCC/C=C\CCCCCCC(C)(C(C)=O)C(=O)OOC(=O)C(N)CCCCN. The highest BCUT2D eigenvalue weighted by Gasteiger charge is 2.41. The second-order valence-electron chi connectivity index (χ2n) is 9.53. The zero-order valence-electron chi connectivity index (χ0n) is 21.9. The molecule has 0 aliphatic rings. The minimum absolute atomic E-state index is 0.307. The van der Waals surface area contributed by atoms with Crippen molar-refractivity contribution in [3.8, 4) is 0 Å². The lowest BCUT2D eigenvalue weighted by Gasteiger charge is -2.23. The molecule has 0 heterocycles. The number of nitrogens with two attached hydrogens (primary N) is 2. The van der Waals surface area contributed by atoms with Crippen LogP contribution in [-0.2, 0) is 24.2 Å². The van der Waals surface area contributed by atoms with Crippen LogP contribution in [0.1, 0.15) is 124 Å². The number of unbranched alkanes of at least 4 members (excludes halogenated alkanes) is 11. The molecule has 0 spiro atoms. The molecule has 0 saturated carbocycles. The van der Waals surface area contributed by atoms with Crippen molar-refractivity contribution in [3.05, 3.63) is 12.2 Å². The number of allylic oxidation sites excluding steroid dienone is 2. The molecule has 0 aromatic heterocycles. The Balaban J connectivity index is 4.09. The molecule has 2 unspecified atom stereocenters. The first-order chi connectivity index (χ1) is 16.3. The Morgan fingerprint density at radius 1 is 0.824 bits per heavy atom. The minimum Gasteiger partial charge on any atom is -0.330 e. The van der Waals surface area contributed by atoms with Crippen LogP contribution in [0.2, 0.25) is 0 Å². The molecule has 0 radical (unpaired) electrons. The van der Waals surface area contributed by atoms with Crippen LogP contribution in [0.3, 0.4) is 0 Å². The first kappa shape index (κ1) is 32.3. The fourth-order valence-electron chi connectivity index (χ4n) is 3.65. The van der Waals surface area contributed by atoms with E-state index in [0.29, 0.717) is 25.8 Å². The van der Waals surface area contributed by atoms with Gasteiger partial charge in [-0.2, -0.15) is 0 Å². The van der Waals surface area contributed by atoms with Gasteiger partial charge in [-0.05, 0) is 65.3 Å². The number of ketones is 1. The molecular formula is C27H50N2O5. The van der Waals surface area contributed by atoms with Gasteiger partial charge in [0.15, 0.2) is 0 Å². The van der Waals surface area contributed by atoms with Gasteiger partial charge in [0.1, 0.15) is 17.2 Å². The smallest absolute Gasteiger partial charge is 0.330 e. The van der Waals surface area contributed by atoms with E-state index in [1.165, 1.54) is 52.4 Å². The fraction of sp³-hybridized carbons (Fsp3) is 0.815. The Hall–Kier alpha value is -1.73. The van der Waals surface area contributed by atoms with Crippen LogP contribution in [-0.4, -0.2) is 30.3 Å². The van der Waals surface area contributed by atoms with Crippen molar-refractivity contribution in [1.82, 2.24) is 0 Å². The normalized spacial score (nSPS) is 14.0. The summed E-state index contributed by atoms with van der Waals surface area (Å²) in [7, 11) is 0. The fourth-order valence-corrected chi connectivity index (χ4v) is 3.65. The molecule has 0 aromatic rings. The number of carbonyl (C=O) groups is 3. The molecule has 0 aromatic carbocycles. The van der Waals surface area contributed by atoms with E-state index in [2.05, 4.69) is 24.0 Å². The maximum atomic E-state index is 12.5. The lowest BCUT2D eigenvalue weighted by atomic mass is 9.81. The van der Waals surface area contributed by atoms with Gasteiger partial charge in [0.25, 0.3) is 0 Å². The molecule has 0 rings (SSSR count). The summed E-state index contributed by atoms with van der Waals surface area (Å²) in [5.74, 6) is -1.97. The lowest BCUT2D eigenvalue weighted by molar-refractivity contribution is -0.266. The van der Waals surface area contributed by atoms with Gasteiger partial charge in [0, 0.05) is 0 Å². The van der Waals surface area contributed by atoms with Gasteiger partial charge in [-0.3, -0.25) is 4.79 Å². The second-order valence-corrected chi connectivity index (χ2v) is 9.53. The van der Waals surface area contributed by atoms with Crippen molar-refractivity contribution in [1.29, 1.82) is 0 Å². The average Bonchev–Trinajstić information content (AvgIpc) is 2.82. The van der Waals surface area contributed by atoms with Crippen molar-refractivity contribution >= 4 is 17.7 Å². The number of hydrogen-bond acceptors (Lipinski definition) is 7. The Kier molecular flexibility index (Phi) is 19.6. The van der Waals surface area contributed by atoms with Gasteiger partial charge in [0.05, 0.1) is 0 Å². The first-order valence-corrected chi connectivity index (χ1v) is 13.3. The van der Waals surface area contributed by atoms with Crippen LogP contribution in [0, 0.1) is 5.41 Å². The summed E-state index contributed by atoms with van der Waals surface area (Å²) in [6.45, 7) is 5.65. The molecule has 7 nitrogen and oxygen atoms in total. The second kappa shape index (κ2) is 20.6. The van der Waals surface area contributed by atoms with Crippen molar-refractivity contribution in [3.63, 3.8) is 0 Å². The minimum atomic E-state index is -1.33. The van der Waals surface area contributed by atoms with Crippen LogP contribution < -0.4 is 11.5 Å². The van der Waals surface area contributed by atoms with Gasteiger partial charge in [-0.15, -0.1) is 0 Å². The first-order valence-electron chi connectivity index (χ1n) is 13.3. The molecule has 2 atom stereocenters. The zero-order chi connectivity index (χ0) is 25.7. The molecule has 7 heteroatoms. The average molecular weight is 483 g/mol. The number of Topliss-reactive ketones (excluding diaryl/α,β-unsaturated/α-hetero) is 1. The summed E-state index contributed by atoms with van der Waals surface area (Å²) >= 11 is 0. The van der Waals surface area contributed by atoms with E-state index in [4.69, 9.17) is 16.4 Å². The molecule has 0 aliphatic heterocycles. The Morgan fingerprint density at radius 2 is 1.38 bits per heavy atom. The number of carbonyl (C=O) groups excluding carboxylic acids is 3. The van der Waals surface area contributed by atoms with Gasteiger partial charge in [0.2, 0.25) is 0 Å². The van der Waals surface area contributed by atoms with E-state index >= 15 is 0 Å². The van der Waals surface area contributed by atoms with Crippen LogP contribution >= 0.6 is 0 Å². The Bertz CT molecular complexity index is 594.